The summed E-state index contributed by atoms with van der Waals surface area (Å²) in [6.45, 7) is 5.89. The first-order valence-corrected chi connectivity index (χ1v) is 10.4. The van der Waals surface area contributed by atoms with Gasteiger partial charge < -0.3 is 14.5 Å². The Balaban J connectivity index is 1.35. The van der Waals surface area contributed by atoms with Crippen LogP contribution in [-0.4, -0.2) is 17.5 Å². The Morgan fingerprint density at radius 2 is 1.81 bits per heavy atom. The number of aryl methyl sites for hydroxylation is 3. The third kappa shape index (κ3) is 5.06. The molecule has 0 atom stereocenters. The minimum atomic E-state index is -0.230. The van der Waals surface area contributed by atoms with Crippen molar-refractivity contribution in [1.82, 2.24) is 4.98 Å². The summed E-state index contributed by atoms with van der Waals surface area (Å²) in [5.41, 5.74) is 6.60. The molecule has 1 amide bonds. The normalized spacial score (nSPS) is 11.0. The van der Waals surface area contributed by atoms with Crippen molar-refractivity contribution in [2.45, 2.75) is 27.2 Å². The summed E-state index contributed by atoms with van der Waals surface area (Å²) < 4.78 is 11.5. The Kier molecular flexibility index (Phi) is 5.96. The van der Waals surface area contributed by atoms with E-state index in [-0.39, 0.29) is 12.5 Å². The second-order valence-electron chi connectivity index (χ2n) is 7.66. The van der Waals surface area contributed by atoms with Crippen LogP contribution in [0.1, 0.15) is 28.1 Å². The van der Waals surface area contributed by atoms with Crippen molar-refractivity contribution in [3.63, 3.8) is 0 Å². The van der Waals surface area contributed by atoms with Gasteiger partial charge in [0.2, 0.25) is 0 Å². The molecule has 0 aliphatic rings. The molecule has 31 heavy (non-hydrogen) atoms. The topological polar surface area (TPSA) is 64.4 Å². The highest BCUT2D eigenvalue weighted by molar-refractivity contribution is 6.30. The molecular weight excluding hydrogens is 412 g/mol. The number of halogens is 1. The minimum absolute atomic E-state index is 0.0775. The van der Waals surface area contributed by atoms with E-state index in [0.29, 0.717) is 28.8 Å². The van der Waals surface area contributed by atoms with Crippen molar-refractivity contribution in [2.24, 2.45) is 0 Å². The molecule has 0 spiro atoms. The molecule has 1 N–H and O–H groups in total. The van der Waals surface area contributed by atoms with E-state index in [1.165, 1.54) is 5.56 Å². The molecule has 1 heterocycles. The molecule has 158 valence electrons. The number of oxazole rings is 1. The van der Waals surface area contributed by atoms with Gasteiger partial charge in [0, 0.05) is 17.1 Å². The maximum absolute atomic E-state index is 12.2. The molecule has 0 unspecified atom stereocenters. The molecule has 3 aromatic carbocycles. The highest BCUT2D eigenvalue weighted by Gasteiger charge is 2.10. The van der Waals surface area contributed by atoms with Crippen molar-refractivity contribution >= 4 is 34.3 Å². The Morgan fingerprint density at radius 1 is 1.03 bits per heavy atom. The summed E-state index contributed by atoms with van der Waals surface area (Å²) in [6, 6.07) is 17.0. The molecule has 0 bridgehead atoms. The van der Waals surface area contributed by atoms with E-state index in [4.69, 9.17) is 20.8 Å². The van der Waals surface area contributed by atoms with Gasteiger partial charge in [-0.25, -0.2) is 4.98 Å². The number of ether oxygens (including phenoxy) is 1. The lowest BCUT2D eigenvalue weighted by Gasteiger charge is -2.10. The van der Waals surface area contributed by atoms with Crippen molar-refractivity contribution < 1.29 is 13.9 Å². The number of nitrogens with one attached hydrogen (secondary N) is 1. The highest BCUT2D eigenvalue weighted by atomic mass is 35.5. The molecule has 0 aliphatic heterocycles. The predicted octanol–water partition coefficient (Wildman–Crippen LogP) is 6.01. The van der Waals surface area contributed by atoms with Crippen LogP contribution in [0.5, 0.6) is 5.75 Å². The number of hydrogen-bond acceptors (Lipinski definition) is 4. The lowest BCUT2D eigenvalue weighted by molar-refractivity contribution is -0.118. The first-order chi connectivity index (χ1) is 14.9. The Labute approximate surface area is 186 Å². The average Bonchev–Trinajstić information content (AvgIpc) is 3.11. The SMILES string of the molecule is Cc1cc(C)c2oc(Cc3ccc(NC(=O)COc4ccc(Cl)cc4C)cc3)nc2c1. The van der Waals surface area contributed by atoms with E-state index < -0.39 is 0 Å². The van der Waals surface area contributed by atoms with Gasteiger partial charge in [0.05, 0.1) is 0 Å². The van der Waals surface area contributed by atoms with Crippen LogP contribution >= 0.6 is 11.6 Å². The van der Waals surface area contributed by atoms with E-state index in [1.807, 2.05) is 44.2 Å². The van der Waals surface area contributed by atoms with Gasteiger partial charge in [-0.05, 0) is 79.4 Å². The molecule has 0 radical (unpaired) electrons. The van der Waals surface area contributed by atoms with Gasteiger partial charge in [0.25, 0.3) is 5.91 Å². The number of carbonyl (C=O) groups is 1. The molecule has 6 heteroatoms. The molecular formula is C25H23ClN2O3. The lowest BCUT2D eigenvalue weighted by Crippen LogP contribution is -2.20. The lowest BCUT2D eigenvalue weighted by atomic mass is 10.1. The van der Waals surface area contributed by atoms with Crippen LogP contribution in [0.4, 0.5) is 5.69 Å². The van der Waals surface area contributed by atoms with E-state index in [9.17, 15) is 4.79 Å². The van der Waals surface area contributed by atoms with Crippen molar-refractivity contribution in [2.75, 3.05) is 11.9 Å². The Hall–Kier alpha value is -3.31. The molecule has 4 rings (SSSR count). The summed E-state index contributed by atoms with van der Waals surface area (Å²) >= 11 is 5.94. The third-order valence-electron chi connectivity index (χ3n) is 4.95. The fourth-order valence-electron chi connectivity index (χ4n) is 3.49. The maximum Gasteiger partial charge on any atom is 0.262 e. The molecule has 0 saturated heterocycles. The van der Waals surface area contributed by atoms with Gasteiger partial charge in [-0.1, -0.05) is 29.8 Å². The third-order valence-corrected chi connectivity index (χ3v) is 5.19. The van der Waals surface area contributed by atoms with Gasteiger partial charge in [-0.15, -0.1) is 0 Å². The maximum atomic E-state index is 12.2. The van der Waals surface area contributed by atoms with Crippen molar-refractivity contribution in [3.8, 4) is 5.75 Å². The predicted molar refractivity (Wildman–Crippen MR) is 123 cm³/mol. The molecule has 0 fully saturated rings. The number of fused-ring (bicyclic) bond motifs is 1. The van der Waals surface area contributed by atoms with Crippen molar-refractivity contribution in [1.29, 1.82) is 0 Å². The summed E-state index contributed by atoms with van der Waals surface area (Å²) in [4.78, 5) is 16.8. The first kappa shape index (κ1) is 20.9. The van der Waals surface area contributed by atoms with Gasteiger partial charge >= 0.3 is 0 Å². The fraction of sp³-hybridized carbons (Fsp3) is 0.200. The van der Waals surface area contributed by atoms with Crippen LogP contribution in [0.3, 0.4) is 0 Å². The second kappa shape index (κ2) is 8.82. The van der Waals surface area contributed by atoms with Crippen LogP contribution in [0.25, 0.3) is 11.1 Å². The zero-order valence-corrected chi connectivity index (χ0v) is 18.4. The number of hydrogen-bond donors (Lipinski definition) is 1. The number of rotatable bonds is 6. The van der Waals surface area contributed by atoms with Crippen LogP contribution in [-0.2, 0) is 11.2 Å². The van der Waals surface area contributed by atoms with E-state index in [2.05, 4.69) is 23.3 Å². The van der Waals surface area contributed by atoms with Crippen LogP contribution in [0.15, 0.2) is 59.0 Å². The number of amides is 1. The summed E-state index contributed by atoms with van der Waals surface area (Å²) in [5, 5.41) is 3.48. The van der Waals surface area contributed by atoms with E-state index in [0.717, 1.165) is 27.8 Å². The van der Waals surface area contributed by atoms with Crippen molar-refractivity contribution in [3.05, 3.63) is 87.8 Å². The Bertz CT molecular complexity index is 1250. The summed E-state index contributed by atoms with van der Waals surface area (Å²) in [6.07, 6.45) is 0.584. The highest BCUT2D eigenvalue weighted by Crippen LogP contribution is 2.24. The molecule has 0 saturated carbocycles. The molecule has 5 nitrogen and oxygen atoms in total. The quantitative estimate of drug-likeness (QED) is 0.403. The second-order valence-corrected chi connectivity index (χ2v) is 8.09. The number of anilines is 1. The standard InChI is InChI=1S/C25H23ClN2O3/c1-15-10-17(3)25-21(11-15)28-24(31-25)13-18-4-7-20(8-5-18)27-23(29)14-30-22-9-6-19(26)12-16(22)2/h4-12H,13-14H2,1-3H3,(H,27,29). The number of nitrogens with zero attached hydrogens (tertiary/aromatic N) is 1. The zero-order valence-electron chi connectivity index (χ0n) is 17.7. The van der Waals surface area contributed by atoms with Gasteiger partial charge in [0.15, 0.2) is 18.1 Å². The summed E-state index contributed by atoms with van der Waals surface area (Å²) in [7, 11) is 0. The van der Waals surface area contributed by atoms with Gasteiger partial charge in [0.1, 0.15) is 11.3 Å². The van der Waals surface area contributed by atoms with Gasteiger partial charge in [-0.2, -0.15) is 0 Å². The van der Waals surface area contributed by atoms with E-state index >= 15 is 0 Å². The first-order valence-electron chi connectivity index (χ1n) is 10.0. The van der Waals surface area contributed by atoms with Crippen LogP contribution < -0.4 is 10.1 Å². The number of benzene rings is 3. The van der Waals surface area contributed by atoms with E-state index in [1.54, 1.807) is 18.2 Å². The fourth-order valence-corrected chi connectivity index (χ4v) is 3.72. The average molecular weight is 435 g/mol. The number of aromatic nitrogens is 1. The summed E-state index contributed by atoms with van der Waals surface area (Å²) in [5.74, 6) is 1.08. The van der Waals surface area contributed by atoms with Crippen LogP contribution in [0.2, 0.25) is 5.02 Å². The molecule has 0 aliphatic carbocycles. The van der Waals surface area contributed by atoms with Gasteiger partial charge in [-0.3, -0.25) is 4.79 Å². The largest absolute Gasteiger partial charge is 0.483 e. The monoisotopic (exact) mass is 434 g/mol. The Morgan fingerprint density at radius 3 is 2.55 bits per heavy atom. The van der Waals surface area contributed by atoms with Crippen LogP contribution in [0, 0.1) is 20.8 Å². The molecule has 1 aromatic heterocycles. The molecule has 4 aromatic rings. The minimum Gasteiger partial charge on any atom is -0.483 e. The smallest absolute Gasteiger partial charge is 0.262 e. The number of carbonyl (C=O) groups excluding carboxylic acids is 1. The zero-order chi connectivity index (χ0) is 22.0.